The van der Waals surface area contributed by atoms with Crippen LogP contribution < -0.4 is 16.5 Å². The van der Waals surface area contributed by atoms with E-state index in [1.54, 1.807) is 4.57 Å². The van der Waals surface area contributed by atoms with Crippen molar-refractivity contribution in [1.82, 2.24) is 20.0 Å². The average molecular weight is 416 g/mol. The van der Waals surface area contributed by atoms with Crippen LogP contribution in [0, 0.1) is 0 Å². The Bertz CT molecular complexity index is 1310. The maximum atomic E-state index is 12.8. The molecule has 0 bridgehead atoms. The number of fused-ring (bicyclic) bond motifs is 2. The van der Waals surface area contributed by atoms with Crippen LogP contribution in [0.1, 0.15) is 18.9 Å². The van der Waals surface area contributed by atoms with Gasteiger partial charge in [-0.15, -0.1) is 0 Å². The van der Waals surface area contributed by atoms with Gasteiger partial charge in [0.15, 0.2) is 0 Å². The Morgan fingerprint density at radius 2 is 1.45 bits per heavy atom. The van der Waals surface area contributed by atoms with Gasteiger partial charge in [0.05, 0.1) is 17.5 Å². The average Bonchev–Trinajstić information content (AvgIpc) is 3.04. The van der Waals surface area contributed by atoms with E-state index in [9.17, 15) is 14.4 Å². The molecular formula is C24H24N4O3. The molecule has 7 nitrogen and oxygen atoms in total. The van der Waals surface area contributed by atoms with Crippen LogP contribution in [-0.4, -0.2) is 20.9 Å². The molecule has 1 heterocycles. The van der Waals surface area contributed by atoms with Gasteiger partial charge in [-0.3, -0.25) is 29.6 Å². The van der Waals surface area contributed by atoms with E-state index in [0.29, 0.717) is 12.1 Å². The number of hydrogen-bond acceptors (Lipinski definition) is 3. The second kappa shape index (κ2) is 8.87. The van der Waals surface area contributed by atoms with E-state index in [2.05, 4.69) is 10.9 Å². The second-order valence-electron chi connectivity index (χ2n) is 7.42. The minimum Gasteiger partial charge on any atom is -0.292 e. The number of benzene rings is 3. The molecule has 158 valence electrons. The number of hydrazine groups is 1. The van der Waals surface area contributed by atoms with E-state index in [-0.39, 0.29) is 24.6 Å². The fourth-order valence-corrected chi connectivity index (χ4v) is 3.85. The molecule has 0 atom stereocenters. The molecule has 0 unspecified atom stereocenters. The molecule has 2 amide bonds. The van der Waals surface area contributed by atoms with Gasteiger partial charge in [-0.2, -0.15) is 0 Å². The fraction of sp³-hybridized carbons (Fsp3) is 0.208. The molecule has 0 fully saturated rings. The first-order valence-corrected chi connectivity index (χ1v) is 10.3. The van der Waals surface area contributed by atoms with E-state index < -0.39 is 5.91 Å². The van der Waals surface area contributed by atoms with Gasteiger partial charge < -0.3 is 0 Å². The molecular weight excluding hydrogens is 392 g/mol. The van der Waals surface area contributed by atoms with E-state index >= 15 is 0 Å². The summed E-state index contributed by atoms with van der Waals surface area (Å²) in [5.74, 6) is -0.793. The van der Waals surface area contributed by atoms with Crippen molar-refractivity contribution in [3.63, 3.8) is 0 Å². The number of nitrogens with one attached hydrogen (secondary N) is 2. The molecule has 0 aliphatic rings. The first kappa shape index (κ1) is 20.4. The summed E-state index contributed by atoms with van der Waals surface area (Å²) >= 11 is 0. The largest absolute Gasteiger partial charge is 0.329 e. The lowest BCUT2D eigenvalue weighted by Crippen LogP contribution is -2.44. The number of aryl methyl sites for hydroxylation is 1. The number of hydrogen-bond donors (Lipinski definition) is 2. The number of carbonyl (C=O) groups is 2. The zero-order valence-electron chi connectivity index (χ0n) is 17.3. The monoisotopic (exact) mass is 416 g/mol. The Labute approximate surface area is 179 Å². The normalized spacial score (nSPS) is 11.0. The van der Waals surface area contributed by atoms with Crippen LogP contribution in [0.3, 0.4) is 0 Å². The van der Waals surface area contributed by atoms with Crippen molar-refractivity contribution in [1.29, 1.82) is 0 Å². The van der Waals surface area contributed by atoms with Crippen molar-refractivity contribution in [3.05, 3.63) is 82.8 Å². The Morgan fingerprint density at radius 3 is 2.23 bits per heavy atom. The van der Waals surface area contributed by atoms with E-state index in [4.69, 9.17) is 0 Å². The number of para-hydroxylation sites is 2. The Balaban J connectivity index is 1.43. The molecule has 0 radical (unpaired) electrons. The predicted octanol–water partition coefficient (Wildman–Crippen LogP) is 2.76. The van der Waals surface area contributed by atoms with Gasteiger partial charge in [0.1, 0.15) is 6.54 Å². The number of amides is 2. The molecule has 1 aromatic heterocycles. The summed E-state index contributed by atoms with van der Waals surface area (Å²) in [6.45, 7) is 2.40. The number of nitrogens with zero attached hydrogens (tertiary/aromatic N) is 2. The standard InChI is InChI=1S/C24H24N4O3/c1-2-14-27-20-12-5-6-13-21(20)28(24(27)31)16-23(30)26-25-22(29)15-18-10-7-9-17-8-3-4-11-19(17)18/h3-13H,2,14-16H2,1H3,(H,25,29)(H,26,30). The summed E-state index contributed by atoms with van der Waals surface area (Å²) < 4.78 is 3.10. The predicted molar refractivity (Wildman–Crippen MR) is 120 cm³/mol. The van der Waals surface area contributed by atoms with Gasteiger partial charge in [-0.25, -0.2) is 4.79 Å². The number of imidazole rings is 1. The smallest absolute Gasteiger partial charge is 0.292 e. The summed E-state index contributed by atoms with van der Waals surface area (Å²) in [4.78, 5) is 37.6. The van der Waals surface area contributed by atoms with Crippen LogP contribution >= 0.6 is 0 Å². The van der Waals surface area contributed by atoms with Gasteiger partial charge in [0.2, 0.25) is 5.91 Å². The van der Waals surface area contributed by atoms with Crippen LogP contribution in [0.25, 0.3) is 21.8 Å². The fourth-order valence-electron chi connectivity index (χ4n) is 3.85. The number of aromatic nitrogens is 2. The van der Waals surface area contributed by atoms with Gasteiger partial charge in [0, 0.05) is 6.54 Å². The maximum absolute atomic E-state index is 12.8. The minimum absolute atomic E-state index is 0.136. The van der Waals surface area contributed by atoms with Gasteiger partial charge >= 0.3 is 5.69 Å². The lowest BCUT2D eigenvalue weighted by Gasteiger charge is -2.09. The molecule has 31 heavy (non-hydrogen) atoms. The molecule has 7 heteroatoms. The Kier molecular flexibility index (Phi) is 5.84. The molecule has 0 spiro atoms. The highest BCUT2D eigenvalue weighted by molar-refractivity contribution is 5.91. The molecule has 2 N–H and O–H groups in total. The van der Waals surface area contributed by atoms with Crippen LogP contribution in [-0.2, 0) is 29.1 Å². The minimum atomic E-state index is -0.465. The van der Waals surface area contributed by atoms with E-state index in [0.717, 1.165) is 28.3 Å². The van der Waals surface area contributed by atoms with Crippen molar-refractivity contribution in [2.24, 2.45) is 0 Å². The second-order valence-corrected chi connectivity index (χ2v) is 7.42. The highest BCUT2D eigenvalue weighted by Crippen LogP contribution is 2.18. The van der Waals surface area contributed by atoms with Crippen LogP contribution in [0.15, 0.2) is 71.5 Å². The van der Waals surface area contributed by atoms with Gasteiger partial charge in [-0.05, 0) is 34.9 Å². The van der Waals surface area contributed by atoms with Crippen molar-refractivity contribution in [2.75, 3.05) is 0 Å². The molecule has 0 aliphatic carbocycles. The zero-order chi connectivity index (χ0) is 21.8. The third kappa shape index (κ3) is 4.21. The van der Waals surface area contributed by atoms with E-state index in [1.165, 1.54) is 4.57 Å². The molecule has 3 aromatic carbocycles. The third-order valence-electron chi connectivity index (χ3n) is 5.25. The first-order chi connectivity index (χ1) is 15.1. The summed E-state index contributed by atoms with van der Waals surface area (Å²) in [5.41, 5.74) is 7.01. The topological polar surface area (TPSA) is 85.1 Å². The first-order valence-electron chi connectivity index (χ1n) is 10.3. The molecule has 0 saturated heterocycles. The zero-order valence-corrected chi connectivity index (χ0v) is 17.3. The van der Waals surface area contributed by atoms with Crippen molar-refractivity contribution in [2.45, 2.75) is 32.9 Å². The van der Waals surface area contributed by atoms with Gasteiger partial charge in [0.25, 0.3) is 5.91 Å². The SMILES string of the molecule is CCCn1c(=O)n(CC(=O)NNC(=O)Cc2cccc3ccccc23)c2ccccc21. The molecule has 0 saturated carbocycles. The van der Waals surface area contributed by atoms with Gasteiger partial charge in [-0.1, -0.05) is 61.5 Å². The molecule has 4 aromatic rings. The molecule has 0 aliphatic heterocycles. The highest BCUT2D eigenvalue weighted by atomic mass is 16.2. The van der Waals surface area contributed by atoms with Crippen LogP contribution in [0.2, 0.25) is 0 Å². The van der Waals surface area contributed by atoms with Crippen molar-refractivity contribution >= 4 is 33.6 Å². The van der Waals surface area contributed by atoms with E-state index in [1.807, 2.05) is 73.7 Å². The summed E-state index contributed by atoms with van der Waals surface area (Å²) in [6, 6.07) is 21.0. The lowest BCUT2D eigenvalue weighted by molar-refractivity contribution is -0.128. The molecule has 4 rings (SSSR count). The Morgan fingerprint density at radius 1 is 0.806 bits per heavy atom. The summed E-state index contributed by atoms with van der Waals surface area (Å²) in [5, 5.41) is 2.06. The summed E-state index contributed by atoms with van der Waals surface area (Å²) in [6.07, 6.45) is 0.946. The third-order valence-corrected chi connectivity index (χ3v) is 5.25. The quantitative estimate of drug-likeness (QED) is 0.474. The Hall–Kier alpha value is -3.87. The number of rotatable bonds is 6. The van der Waals surface area contributed by atoms with Crippen molar-refractivity contribution < 1.29 is 9.59 Å². The van der Waals surface area contributed by atoms with Crippen LogP contribution in [0.4, 0.5) is 0 Å². The van der Waals surface area contributed by atoms with Crippen LogP contribution in [0.5, 0.6) is 0 Å². The maximum Gasteiger partial charge on any atom is 0.329 e. The van der Waals surface area contributed by atoms with Crippen molar-refractivity contribution in [3.8, 4) is 0 Å². The summed E-state index contributed by atoms with van der Waals surface area (Å²) in [7, 11) is 0. The lowest BCUT2D eigenvalue weighted by atomic mass is 10.0. The number of carbonyl (C=O) groups excluding carboxylic acids is 2. The highest BCUT2D eigenvalue weighted by Gasteiger charge is 2.15.